The molecule has 1 saturated heterocycles. The van der Waals surface area contributed by atoms with Crippen LogP contribution in [0.15, 0.2) is 27.6 Å². The molecule has 10 heteroatoms. The standard InChI is InChI=1S/C16H17F2N3O4S/c1-9-15(10(2)25-20-9)26(23,24)21-5-3-4-14(21)16(22)19-13-7-11(17)6-12(18)8-13/h6-8,14H,3-5H2,1-2H3,(H,19,22). The Balaban J connectivity index is 1.87. The van der Waals surface area contributed by atoms with Crippen molar-refractivity contribution in [1.29, 1.82) is 0 Å². The van der Waals surface area contributed by atoms with Crippen LogP contribution in [0.3, 0.4) is 0 Å². The summed E-state index contributed by atoms with van der Waals surface area (Å²) in [5.74, 6) is -2.19. The summed E-state index contributed by atoms with van der Waals surface area (Å²) in [4.78, 5) is 12.5. The molecule has 3 rings (SSSR count). The van der Waals surface area contributed by atoms with Gasteiger partial charge in [0.2, 0.25) is 15.9 Å². The number of benzene rings is 1. The van der Waals surface area contributed by atoms with Gasteiger partial charge in [-0.1, -0.05) is 5.16 Å². The lowest BCUT2D eigenvalue weighted by atomic mass is 10.2. The van der Waals surface area contributed by atoms with Crippen LogP contribution in [0, 0.1) is 25.5 Å². The van der Waals surface area contributed by atoms with Crippen LogP contribution >= 0.6 is 0 Å². The van der Waals surface area contributed by atoms with E-state index in [1.165, 1.54) is 13.8 Å². The fourth-order valence-electron chi connectivity index (χ4n) is 3.10. The second kappa shape index (κ2) is 6.76. The summed E-state index contributed by atoms with van der Waals surface area (Å²) in [6.07, 6.45) is 0.782. The predicted octanol–water partition coefficient (Wildman–Crippen LogP) is 2.36. The number of nitrogens with zero attached hydrogens (tertiary/aromatic N) is 2. The maximum Gasteiger partial charge on any atom is 0.249 e. The monoisotopic (exact) mass is 385 g/mol. The van der Waals surface area contributed by atoms with Gasteiger partial charge in [0, 0.05) is 18.3 Å². The third kappa shape index (κ3) is 3.34. The van der Waals surface area contributed by atoms with Crippen LogP contribution in [0.5, 0.6) is 0 Å². The van der Waals surface area contributed by atoms with Crippen molar-refractivity contribution in [2.24, 2.45) is 0 Å². The Kier molecular flexibility index (Phi) is 4.80. The lowest BCUT2D eigenvalue weighted by Gasteiger charge is -2.23. The first kappa shape index (κ1) is 18.5. The van der Waals surface area contributed by atoms with Crippen LogP contribution in [-0.2, 0) is 14.8 Å². The minimum atomic E-state index is -3.99. The first-order valence-corrected chi connectivity index (χ1v) is 9.36. The van der Waals surface area contributed by atoms with Crippen molar-refractivity contribution < 1.29 is 26.5 Å². The summed E-state index contributed by atoms with van der Waals surface area (Å²) in [5.41, 5.74) is 0.134. The first-order valence-electron chi connectivity index (χ1n) is 7.92. The SMILES string of the molecule is Cc1noc(C)c1S(=O)(=O)N1CCCC1C(=O)Nc1cc(F)cc(F)c1. The van der Waals surface area contributed by atoms with Gasteiger partial charge in [-0.2, -0.15) is 4.31 Å². The first-order chi connectivity index (χ1) is 12.2. The van der Waals surface area contributed by atoms with Gasteiger partial charge in [0.15, 0.2) is 5.76 Å². The minimum Gasteiger partial charge on any atom is -0.360 e. The van der Waals surface area contributed by atoms with Gasteiger partial charge in [-0.05, 0) is 38.8 Å². The Hall–Kier alpha value is -2.33. The van der Waals surface area contributed by atoms with Crippen molar-refractivity contribution in [2.45, 2.75) is 37.6 Å². The maximum absolute atomic E-state index is 13.3. The molecule has 0 bridgehead atoms. The third-order valence-electron chi connectivity index (χ3n) is 4.17. The molecule has 1 unspecified atom stereocenters. The number of sulfonamides is 1. The number of anilines is 1. The van der Waals surface area contributed by atoms with E-state index in [4.69, 9.17) is 4.52 Å². The van der Waals surface area contributed by atoms with Crippen LogP contribution in [0.25, 0.3) is 0 Å². The number of hydrogen-bond acceptors (Lipinski definition) is 5. The smallest absolute Gasteiger partial charge is 0.249 e. The molecule has 0 saturated carbocycles. The average molecular weight is 385 g/mol. The van der Waals surface area contributed by atoms with Gasteiger partial charge in [0.25, 0.3) is 0 Å². The summed E-state index contributed by atoms with van der Waals surface area (Å²) in [6, 6.07) is 1.62. The second-order valence-electron chi connectivity index (χ2n) is 6.07. The number of rotatable bonds is 4. The molecular weight excluding hydrogens is 368 g/mol. The van der Waals surface area contributed by atoms with E-state index in [0.717, 1.165) is 16.4 Å². The molecule has 1 atom stereocenters. The number of nitrogens with one attached hydrogen (secondary N) is 1. The molecule has 1 N–H and O–H groups in total. The van der Waals surface area contributed by atoms with Gasteiger partial charge in [0.05, 0.1) is 0 Å². The fraction of sp³-hybridized carbons (Fsp3) is 0.375. The highest BCUT2D eigenvalue weighted by atomic mass is 32.2. The molecule has 1 aliphatic rings. The molecule has 7 nitrogen and oxygen atoms in total. The number of aryl methyl sites for hydroxylation is 2. The van der Waals surface area contributed by atoms with Gasteiger partial charge in [-0.3, -0.25) is 4.79 Å². The van der Waals surface area contributed by atoms with Crippen molar-refractivity contribution in [2.75, 3.05) is 11.9 Å². The zero-order valence-electron chi connectivity index (χ0n) is 14.1. The summed E-state index contributed by atoms with van der Waals surface area (Å²) >= 11 is 0. The number of aromatic nitrogens is 1. The molecule has 1 aliphatic heterocycles. The maximum atomic E-state index is 13.3. The van der Waals surface area contributed by atoms with E-state index in [9.17, 15) is 22.0 Å². The predicted molar refractivity (Wildman–Crippen MR) is 87.9 cm³/mol. The van der Waals surface area contributed by atoms with Gasteiger partial charge in [0.1, 0.15) is 28.3 Å². The molecule has 2 heterocycles. The fourth-order valence-corrected chi connectivity index (χ4v) is 5.05. The van der Waals surface area contributed by atoms with E-state index in [1.807, 2.05) is 0 Å². The summed E-state index contributed by atoms with van der Waals surface area (Å²) in [6.45, 7) is 3.14. The molecule has 140 valence electrons. The topological polar surface area (TPSA) is 92.5 Å². The van der Waals surface area contributed by atoms with Crippen molar-refractivity contribution in [3.63, 3.8) is 0 Å². The molecular formula is C16H17F2N3O4S. The second-order valence-corrected chi connectivity index (χ2v) is 7.90. The minimum absolute atomic E-state index is 0.0611. The zero-order chi connectivity index (χ0) is 19.1. The lowest BCUT2D eigenvalue weighted by Crippen LogP contribution is -2.43. The van der Waals surface area contributed by atoms with Crippen LogP contribution in [0.1, 0.15) is 24.3 Å². The summed E-state index contributed by atoms with van der Waals surface area (Å²) in [5, 5.41) is 6.02. The normalized spacial score (nSPS) is 18.2. The highest BCUT2D eigenvalue weighted by molar-refractivity contribution is 7.89. The zero-order valence-corrected chi connectivity index (χ0v) is 14.9. The van der Waals surface area contributed by atoms with Crippen LogP contribution in [-0.4, -0.2) is 36.4 Å². The van der Waals surface area contributed by atoms with Crippen LogP contribution in [0.2, 0.25) is 0 Å². The quantitative estimate of drug-likeness (QED) is 0.872. The van der Waals surface area contributed by atoms with Gasteiger partial charge < -0.3 is 9.84 Å². The number of carbonyl (C=O) groups is 1. The summed E-state index contributed by atoms with van der Waals surface area (Å²) < 4.78 is 58.4. The Bertz CT molecular complexity index is 919. The number of carbonyl (C=O) groups excluding carboxylic acids is 1. The van der Waals surface area contributed by atoms with Crippen molar-refractivity contribution in [3.8, 4) is 0 Å². The van der Waals surface area contributed by atoms with Crippen LogP contribution < -0.4 is 5.32 Å². The summed E-state index contributed by atoms with van der Waals surface area (Å²) in [7, 11) is -3.99. The number of hydrogen-bond donors (Lipinski definition) is 1. The van der Waals surface area contributed by atoms with E-state index in [2.05, 4.69) is 10.5 Å². The highest BCUT2D eigenvalue weighted by Gasteiger charge is 2.41. The molecule has 26 heavy (non-hydrogen) atoms. The average Bonchev–Trinajstić information content (AvgIpc) is 3.13. The van der Waals surface area contributed by atoms with Gasteiger partial charge in [-0.25, -0.2) is 17.2 Å². The Morgan fingerprint density at radius 1 is 1.27 bits per heavy atom. The van der Waals surface area contributed by atoms with Gasteiger partial charge in [-0.15, -0.1) is 0 Å². The molecule has 1 fully saturated rings. The molecule has 0 spiro atoms. The molecule has 2 aromatic rings. The molecule has 1 amide bonds. The van der Waals surface area contributed by atoms with Gasteiger partial charge >= 0.3 is 0 Å². The third-order valence-corrected chi connectivity index (χ3v) is 6.32. The van der Waals surface area contributed by atoms with E-state index in [-0.39, 0.29) is 28.6 Å². The van der Waals surface area contributed by atoms with E-state index in [1.54, 1.807) is 0 Å². The Morgan fingerprint density at radius 2 is 1.92 bits per heavy atom. The largest absolute Gasteiger partial charge is 0.360 e. The van der Waals surface area contributed by atoms with Crippen LogP contribution in [0.4, 0.5) is 14.5 Å². The van der Waals surface area contributed by atoms with E-state index >= 15 is 0 Å². The number of amides is 1. The molecule has 0 aliphatic carbocycles. The van der Waals surface area contributed by atoms with Crippen molar-refractivity contribution in [3.05, 3.63) is 41.3 Å². The van der Waals surface area contributed by atoms with Crippen molar-refractivity contribution >= 4 is 21.6 Å². The van der Waals surface area contributed by atoms with E-state index in [0.29, 0.717) is 18.9 Å². The Labute approximate surface area is 149 Å². The molecule has 1 aromatic carbocycles. The van der Waals surface area contributed by atoms with E-state index < -0.39 is 33.6 Å². The molecule has 1 aromatic heterocycles. The Morgan fingerprint density at radius 3 is 2.50 bits per heavy atom. The number of halogens is 2. The highest BCUT2D eigenvalue weighted by Crippen LogP contribution is 2.30. The van der Waals surface area contributed by atoms with Crippen molar-refractivity contribution in [1.82, 2.24) is 9.46 Å². The molecule has 0 radical (unpaired) electrons. The lowest BCUT2D eigenvalue weighted by molar-refractivity contribution is -0.119.